The Morgan fingerprint density at radius 3 is 2.60 bits per heavy atom. The lowest BCUT2D eigenvalue weighted by Crippen LogP contribution is -2.28. The van der Waals surface area contributed by atoms with E-state index in [0.29, 0.717) is 16.7 Å². The van der Waals surface area contributed by atoms with E-state index in [9.17, 15) is 4.79 Å². The van der Waals surface area contributed by atoms with Crippen molar-refractivity contribution in [2.24, 2.45) is 0 Å². The number of hydrogen-bond acceptors (Lipinski definition) is 3. The fraction of sp³-hybridized carbons (Fsp3) is 0.158. The lowest BCUT2D eigenvalue weighted by molar-refractivity contribution is 0.251. The molecule has 25 heavy (non-hydrogen) atoms. The van der Waals surface area contributed by atoms with Crippen LogP contribution in [0.15, 0.2) is 47.8 Å². The molecule has 2 amide bonds. The third-order valence-electron chi connectivity index (χ3n) is 3.89. The van der Waals surface area contributed by atoms with E-state index in [1.807, 2.05) is 23.6 Å². The predicted octanol–water partition coefficient (Wildman–Crippen LogP) is 5.40. The number of benzene rings is 2. The van der Waals surface area contributed by atoms with Crippen molar-refractivity contribution in [3.8, 4) is 11.3 Å². The number of urea groups is 1. The summed E-state index contributed by atoms with van der Waals surface area (Å²) in [4.78, 5) is 16.5. The molecule has 1 aromatic heterocycles. The van der Waals surface area contributed by atoms with Gasteiger partial charge in [-0.3, -0.25) is 5.32 Å². The molecule has 0 atom stereocenters. The van der Waals surface area contributed by atoms with Crippen LogP contribution in [-0.4, -0.2) is 11.0 Å². The molecule has 0 saturated carbocycles. The molecule has 0 spiro atoms. The first kappa shape index (κ1) is 17.5. The molecule has 3 rings (SSSR count). The summed E-state index contributed by atoms with van der Waals surface area (Å²) in [7, 11) is 0. The van der Waals surface area contributed by atoms with Gasteiger partial charge in [0.25, 0.3) is 0 Å². The molecule has 0 aliphatic rings. The summed E-state index contributed by atoms with van der Waals surface area (Å²) >= 11 is 7.25. The second-order valence-electron chi connectivity index (χ2n) is 5.77. The lowest BCUT2D eigenvalue weighted by atomic mass is 10.1. The molecule has 1 heterocycles. The van der Waals surface area contributed by atoms with Gasteiger partial charge in [-0.1, -0.05) is 35.9 Å². The third kappa shape index (κ3) is 4.59. The van der Waals surface area contributed by atoms with E-state index in [0.717, 1.165) is 16.8 Å². The molecule has 0 radical (unpaired) electrons. The Hall–Kier alpha value is -2.37. The smallest absolute Gasteiger partial charge is 0.321 e. The van der Waals surface area contributed by atoms with Gasteiger partial charge in [0.1, 0.15) is 0 Å². The summed E-state index contributed by atoms with van der Waals surface area (Å²) in [6.07, 6.45) is 0. The highest BCUT2D eigenvalue weighted by Gasteiger charge is 2.08. The second kappa shape index (κ2) is 7.68. The zero-order valence-electron chi connectivity index (χ0n) is 14.0. The SMILES string of the molecule is Cc1ccc(-c2csc(NC(=O)NCc3ccc(Cl)cc3)n2)cc1C. The van der Waals surface area contributed by atoms with Crippen LogP contribution in [-0.2, 0) is 6.54 Å². The molecule has 0 fully saturated rings. The number of nitrogens with zero attached hydrogens (tertiary/aromatic N) is 1. The Kier molecular flexibility index (Phi) is 5.36. The summed E-state index contributed by atoms with van der Waals surface area (Å²) in [6.45, 7) is 4.59. The fourth-order valence-corrected chi connectivity index (χ4v) is 3.13. The van der Waals surface area contributed by atoms with Gasteiger partial charge in [-0.05, 0) is 48.7 Å². The van der Waals surface area contributed by atoms with Crippen molar-refractivity contribution >= 4 is 34.1 Å². The fourth-order valence-electron chi connectivity index (χ4n) is 2.29. The number of thiazole rings is 1. The normalized spacial score (nSPS) is 10.5. The molecular formula is C19H18ClN3OS. The Balaban J connectivity index is 1.59. The first-order chi connectivity index (χ1) is 12.0. The van der Waals surface area contributed by atoms with Crippen LogP contribution in [0.3, 0.4) is 0 Å². The van der Waals surface area contributed by atoms with Crippen molar-refractivity contribution in [1.82, 2.24) is 10.3 Å². The molecule has 2 N–H and O–H groups in total. The quantitative estimate of drug-likeness (QED) is 0.644. The van der Waals surface area contributed by atoms with Crippen LogP contribution in [0.4, 0.5) is 9.93 Å². The molecule has 6 heteroatoms. The number of anilines is 1. The average molecular weight is 372 g/mol. The largest absolute Gasteiger partial charge is 0.334 e. The molecule has 128 valence electrons. The highest BCUT2D eigenvalue weighted by atomic mass is 35.5. The monoisotopic (exact) mass is 371 g/mol. The lowest BCUT2D eigenvalue weighted by Gasteiger charge is -2.06. The zero-order valence-corrected chi connectivity index (χ0v) is 15.5. The highest BCUT2D eigenvalue weighted by molar-refractivity contribution is 7.14. The van der Waals surface area contributed by atoms with Crippen LogP contribution in [0.1, 0.15) is 16.7 Å². The van der Waals surface area contributed by atoms with E-state index in [-0.39, 0.29) is 6.03 Å². The number of carbonyl (C=O) groups is 1. The van der Waals surface area contributed by atoms with Gasteiger partial charge in [0, 0.05) is 22.5 Å². The van der Waals surface area contributed by atoms with E-state index >= 15 is 0 Å². The van der Waals surface area contributed by atoms with Gasteiger partial charge in [0.2, 0.25) is 0 Å². The minimum atomic E-state index is -0.282. The van der Waals surface area contributed by atoms with Gasteiger partial charge in [0.05, 0.1) is 5.69 Å². The second-order valence-corrected chi connectivity index (χ2v) is 7.07. The van der Waals surface area contributed by atoms with Gasteiger partial charge >= 0.3 is 6.03 Å². The van der Waals surface area contributed by atoms with E-state index in [1.54, 1.807) is 12.1 Å². The van der Waals surface area contributed by atoms with Crippen molar-refractivity contribution in [2.45, 2.75) is 20.4 Å². The summed E-state index contributed by atoms with van der Waals surface area (Å²) in [6, 6.07) is 13.3. The van der Waals surface area contributed by atoms with Crippen molar-refractivity contribution in [2.75, 3.05) is 5.32 Å². The van der Waals surface area contributed by atoms with Gasteiger partial charge in [-0.15, -0.1) is 11.3 Å². The number of halogens is 1. The minimum Gasteiger partial charge on any atom is -0.334 e. The van der Waals surface area contributed by atoms with Crippen molar-refractivity contribution in [3.05, 3.63) is 69.6 Å². The first-order valence-electron chi connectivity index (χ1n) is 7.84. The maximum absolute atomic E-state index is 12.0. The van der Waals surface area contributed by atoms with Gasteiger partial charge in [-0.2, -0.15) is 0 Å². The Morgan fingerprint density at radius 1 is 1.12 bits per heavy atom. The summed E-state index contributed by atoms with van der Waals surface area (Å²) in [5.41, 5.74) is 5.37. The number of nitrogens with one attached hydrogen (secondary N) is 2. The molecule has 2 aromatic carbocycles. The molecule has 0 bridgehead atoms. The maximum Gasteiger partial charge on any atom is 0.321 e. The van der Waals surface area contributed by atoms with Crippen LogP contribution in [0, 0.1) is 13.8 Å². The van der Waals surface area contributed by atoms with Crippen LogP contribution < -0.4 is 10.6 Å². The van der Waals surface area contributed by atoms with Crippen LogP contribution in [0.2, 0.25) is 5.02 Å². The van der Waals surface area contributed by atoms with Crippen LogP contribution in [0.25, 0.3) is 11.3 Å². The zero-order chi connectivity index (χ0) is 17.8. The summed E-state index contributed by atoms with van der Waals surface area (Å²) < 4.78 is 0. The number of amides is 2. The molecule has 0 aliphatic heterocycles. The van der Waals surface area contributed by atoms with E-state index in [1.165, 1.54) is 22.5 Å². The van der Waals surface area contributed by atoms with Crippen molar-refractivity contribution in [3.63, 3.8) is 0 Å². The maximum atomic E-state index is 12.0. The first-order valence-corrected chi connectivity index (χ1v) is 9.09. The minimum absolute atomic E-state index is 0.282. The van der Waals surface area contributed by atoms with Gasteiger partial charge in [0.15, 0.2) is 5.13 Å². The van der Waals surface area contributed by atoms with Crippen LogP contribution in [0.5, 0.6) is 0 Å². The molecular weight excluding hydrogens is 354 g/mol. The van der Waals surface area contributed by atoms with Crippen LogP contribution >= 0.6 is 22.9 Å². The number of rotatable bonds is 4. The van der Waals surface area contributed by atoms with E-state index < -0.39 is 0 Å². The standard InChI is InChI=1S/C19H18ClN3OS/c1-12-3-6-15(9-13(12)2)17-11-25-19(22-17)23-18(24)21-10-14-4-7-16(20)8-5-14/h3-9,11H,10H2,1-2H3,(H2,21,22,23,24). The topological polar surface area (TPSA) is 54.0 Å². The van der Waals surface area contributed by atoms with Gasteiger partial charge < -0.3 is 5.32 Å². The molecule has 3 aromatic rings. The number of hydrogen-bond donors (Lipinski definition) is 2. The Bertz CT molecular complexity index is 890. The van der Waals surface area contributed by atoms with Gasteiger partial charge in [-0.25, -0.2) is 9.78 Å². The van der Waals surface area contributed by atoms with Crippen molar-refractivity contribution in [1.29, 1.82) is 0 Å². The predicted molar refractivity (Wildman–Crippen MR) is 104 cm³/mol. The van der Waals surface area contributed by atoms with Crippen molar-refractivity contribution < 1.29 is 4.79 Å². The third-order valence-corrected chi connectivity index (χ3v) is 4.90. The highest BCUT2D eigenvalue weighted by Crippen LogP contribution is 2.26. The molecule has 0 aliphatic carbocycles. The number of aryl methyl sites for hydroxylation is 2. The Morgan fingerprint density at radius 2 is 1.88 bits per heavy atom. The molecule has 4 nitrogen and oxygen atoms in total. The molecule has 0 saturated heterocycles. The summed E-state index contributed by atoms with van der Waals surface area (Å²) in [5, 5.41) is 8.77. The average Bonchev–Trinajstić information content (AvgIpc) is 3.05. The Labute approximate surface area is 155 Å². The molecule has 0 unspecified atom stereocenters. The van der Waals surface area contributed by atoms with E-state index in [2.05, 4.69) is 41.6 Å². The summed E-state index contributed by atoms with van der Waals surface area (Å²) in [5.74, 6) is 0. The number of aromatic nitrogens is 1. The van der Waals surface area contributed by atoms with E-state index in [4.69, 9.17) is 11.6 Å². The number of carbonyl (C=O) groups excluding carboxylic acids is 1.